The number of hydrogen-bond donors (Lipinski definition) is 2. The summed E-state index contributed by atoms with van der Waals surface area (Å²) in [7, 11) is -2.61. The van der Waals surface area contributed by atoms with E-state index in [0.29, 0.717) is 6.61 Å². The largest absolute Gasteiger partial charge is 0.485 e. The molecule has 1 aliphatic heterocycles. The van der Waals surface area contributed by atoms with Gasteiger partial charge in [-0.25, -0.2) is 0 Å². The summed E-state index contributed by atoms with van der Waals surface area (Å²) in [4.78, 5) is 4.27. The molecule has 0 saturated carbocycles. The molecule has 0 aromatic heterocycles. The molecule has 0 atom stereocenters. The Hall–Kier alpha value is -1.60. The highest BCUT2D eigenvalue weighted by molar-refractivity contribution is 7.60. The van der Waals surface area contributed by atoms with E-state index < -0.39 is 10.5 Å². The number of halogens is 1. The van der Waals surface area contributed by atoms with E-state index in [1.807, 2.05) is 26.0 Å². The molecule has 0 radical (unpaired) electrons. The summed E-state index contributed by atoms with van der Waals surface area (Å²) in [5.41, 5.74) is 2.16. The predicted octanol–water partition coefficient (Wildman–Crippen LogP) is 1.97. The number of nitrogens with zero attached hydrogens (tertiary/aromatic N) is 1. The molecule has 2 N–H and O–H groups in total. The fourth-order valence-electron chi connectivity index (χ4n) is 1.61. The van der Waals surface area contributed by atoms with Crippen LogP contribution in [0.5, 0.6) is 5.75 Å². The van der Waals surface area contributed by atoms with Gasteiger partial charge < -0.3 is 10.1 Å². The monoisotopic (exact) mass is 317 g/mol. The maximum atomic E-state index is 8.67. The molecule has 0 aliphatic carbocycles. The van der Waals surface area contributed by atoms with Crippen molar-refractivity contribution in [3.63, 3.8) is 0 Å². The van der Waals surface area contributed by atoms with Crippen molar-refractivity contribution in [1.29, 1.82) is 4.78 Å². The van der Waals surface area contributed by atoms with E-state index in [1.165, 1.54) is 0 Å². The zero-order valence-electron chi connectivity index (χ0n) is 11.2. The Labute approximate surface area is 124 Å². The van der Waals surface area contributed by atoms with E-state index in [1.54, 1.807) is 0 Å². The second kappa shape index (κ2) is 7.86. The van der Waals surface area contributed by atoms with Gasteiger partial charge in [-0.2, -0.15) is 13.2 Å². The Morgan fingerprint density at radius 2 is 2.05 bits per heavy atom. The molecule has 0 fully saturated rings. The lowest BCUT2D eigenvalue weighted by Gasteiger charge is -2.12. The van der Waals surface area contributed by atoms with Crippen LogP contribution in [0.4, 0.5) is 0 Å². The van der Waals surface area contributed by atoms with Crippen LogP contribution in [0.25, 0.3) is 0 Å². The Balaban J connectivity index is 0.000000444. The second-order valence-electron chi connectivity index (χ2n) is 4.07. The second-order valence-corrected chi connectivity index (χ2v) is 4.95. The molecule has 1 aromatic rings. The number of nitrogens with one attached hydrogen (secondary N) is 2. The molecule has 6 nitrogen and oxygen atoms in total. The molecule has 0 saturated heterocycles. The van der Waals surface area contributed by atoms with Crippen molar-refractivity contribution in [2.75, 3.05) is 19.7 Å². The number of amidine groups is 1. The quantitative estimate of drug-likeness (QED) is 0.891. The van der Waals surface area contributed by atoms with E-state index in [9.17, 15) is 0 Å². The smallest absolute Gasteiger partial charge is 0.308 e. The number of rotatable bonds is 3. The van der Waals surface area contributed by atoms with Crippen LogP contribution in [-0.4, -0.2) is 33.9 Å². The molecular formula is C12H16ClN3O3S. The van der Waals surface area contributed by atoms with E-state index in [2.05, 4.69) is 10.3 Å². The van der Waals surface area contributed by atoms with Crippen LogP contribution in [0.2, 0.25) is 5.02 Å². The molecule has 0 unspecified atom stereocenters. The molecule has 2 rings (SSSR count). The van der Waals surface area contributed by atoms with E-state index in [0.717, 1.165) is 40.8 Å². The lowest BCUT2D eigenvalue weighted by atomic mass is 10.1. The third kappa shape index (κ3) is 5.18. The first-order valence-corrected chi connectivity index (χ1v) is 7.33. The maximum Gasteiger partial charge on any atom is 0.308 e. The van der Waals surface area contributed by atoms with Crippen molar-refractivity contribution in [1.82, 2.24) is 5.32 Å². The van der Waals surface area contributed by atoms with Crippen molar-refractivity contribution >= 4 is 27.9 Å². The lowest BCUT2D eigenvalue weighted by Crippen LogP contribution is -2.25. The van der Waals surface area contributed by atoms with Crippen LogP contribution in [0, 0.1) is 18.6 Å². The molecule has 0 bridgehead atoms. The highest BCUT2D eigenvalue weighted by Crippen LogP contribution is 2.27. The van der Waals surface area contributed by atoms with Gasteiger partial charge in [-0.3, -0.25) is 4.99 Å². The molecular weight excluding hydrogens is 302 g/mol. The Morgan fingerprint density at radius 1 is 1.40 bits per heavy atom. The summed E-state index contributed by atoms with van der Waals surface area (Å²) < 4.78 is 28.5. The van der Waals surface area contributed by atoms with Gasteiger partial charge in [0.05, 0.1) is 6.54 Å². The van der Waals surface area contributed by atoms with Crippen LogP contribution in [-0.2, 0) is 10.5 Å². The van der Waals surface area contributed by atoms with Gasteiger partial charge in [0.2, 0.25) is 0 Å². The molecule has 0 spiro atoms. The third-order valence-corrected chi connectivity index (χ3v) is 3.19. The Bertz CT molecular complexity index is 607. The fourth-order valence-corrected chi connectivity index (χ4v) is 1.81. The molecule has 110 valence electrons. The first kappa shape index (κ1) is 16.5. The van der Waals surface area contributed by atoms with Crippen molar-refractivity contribution in [3.05, 3.63) is 28.3 Å². The van der Waals surface area contributed by atoms with E-state index >= 15 is 0 Å². The van der Waals surface area contributed by atoms with Crippen LogP contribution >= 0.6 is 11.6 Å². The summed E-state index contributed by atoms with van der Waals surface area (Å²) in [5, 5.41) is 3.95. The van der Waals surface area contributed by atoms with Gasteiger partial charge in [-0.05, 0) is 37.1 Å². The van der Waals surface area contributed by atoms with Crippen molar-refractivity contribution in [2.24, 2.45) is 4.99 Å². The van der Waals surface area contributed by atoms with Crippen LogP contribution in [0.1, 0.15) is 11.1 Å². The van der Waals surface area contributed by atoms with Gasteiger partial charge in [-0.1, -0.05) is 11.6 Å². The predicted molar refractivity (Wildman–Crippen MR) is 78.4 cm³/mol. The van der Waals surface area contributed by atoms with Gasteiger partial charge >= 0.3 is 10.5 Å². The summed E-state index contributed by atoms with van der Waals surface area (Å²) in [6, 6.07) is 3.77. The van der Waals surface area contributed by atoms with Gasteiger partial charge in [0.25, 0.3) is 0 Å². The Kier molecular flexibility index (Phi) is 6.47. The lowest BCUT2D eigenvalue weighted by molar-refractivity contribution is 0.370. The summed E-state index contributed by atoms with van der Waals surface area (Å²) in [5.74, 6) is 1.80. The first-order chi connectivity index (χ1) is 9.41. The normalized spacial score (nSPS) is 12.8. The molecule has 1 heterocycles. The molecule has 20 heavy (non-hydrogen) atoms. The summed E-state index contributed by atoms with van der Waals surface area (Å²) in [6.45, 7) is 6.27. The van der Waals surface area contributed by atoms with Gasteiger partial charge in [0.15, 0.2) is 0 Å². The third-order valence-electron chi connectivity index (χ3n) is 2.78. The molecule has 1 aromatic carbocycles. The molecule has 0 amide bonds. The number of benzene rings is 1. The first-order valence-electron chi connectivity index (χ1n) is 5.88. The Morgan fingerprint density at radius 3 is 2.60 bits per heavy atom. The highest BCUT2D eigenvalue weighted by Gasteiger charge is 2.09. The van der Waals surface area contributed by atoms with E-state index in [4.69, 9.17) is 29.5 Å². The number of aliphatic imine (C=N–C) groups is 1. The maximum absolute atomic E-state index is 8.67. The van der Waals surface area contributed by atoms with Crippen molar-refractivity contribution in [3.8, 4) is 5.75 Å². The highest BCUT2D eigenvalue weighted by atomic mass is 35.5. The minimum atomic E-state index is -2.61. The average molecular weight is 318 g/mol. The van der Waals surface area contributed by atoms with Crippen LogP contribution in [0.3, 0.4) is 0 Å². The van der Waals surface area contributed by atoms with Gasteiger partial charge in [0, 0.05) is 11.6 Å². The summed E-state index contributed by atoms with van der Waals surface area (Å²) >= 11 is 6.02. The molecule has 8 heteroatoms. The average Bonchev–Trinajstić information content (AvgIpc) is 2.88. The van der Waals surface area contributed by atoms with Gasteiger partial charge in [0.1, 0.15) is 18.2 Å². The van der Waals surface area contributed by atoms with E-state index in [-0.39, 0.29) is 0 Å². The fraction of sp³-hybridized carbons (Fsp3) is 0.417. The zero-order chi connectivity index (χ0) is 15.1. The molecule has 1 aliphatic rings. The van der Waals surface area contributed by atoms with Crippen molar-refractivity contribution < 1.29 is 13.2 Å². The minimum Gasteiger partial charge on any atom is -0.485 e. The van der Waals surface area contributed by atoms with Crippen LogP contribution < -0.4 is 10.1 Å². The number of hydrogen-bond acceptors (Lipinski definition) is 6. The standard InChI is InChI=1S/C12H15ClN2O.HNO2S/c1-8-9(2)11(4-3-10(8)13)16-7-12-14-5-6-15-12;1-4(2)3/h3-4H,5-7H2,1-2H3,(H,14,15);1H. The van der Waals surface area contributed by atoms with Crippen molar-refractivity contribution in [2.45, 2.75) is 13.8 Å². The van der Waals surface area contributed by atoms with Crippen LogP contribution in [0.15, 0.2) is 17.1 Å². The van der Waals surface area contributed by atoms with Gasteiger partial charge in [-0.15, -0.1) is 0 Å². The summed E-state index contributed by atoms with van der Waals surface area (Å²) in [6.07, 6.45) is 0. The topological polar surface area (TPSA) is 91.6 Å². The minimum absolute atomic E-state index is 0.502. The zero-order valence-corrected chi connectivity index (χ0v) is 12.8. The SMILES string of the molecule is Cc1c(Cl)ccc(OCC2=NCCN2)c1C.N=S(=O)=O. The number of ether oxygens (including phenoxy) is 1.